The molecule has 0 aliphatic heterocycles. The summed E-state index contributed by atoms with van der Waals surface area (Å²) in [6.07, 6.45) is -0.120. The zero-order valence-corrected chi connectivity index (χ0v) is 13.6. The van der Waals surface area contributed by atoms with Crippen molar-refractivity contribution in [1.82, 2.24) is 4.31 Å². The summed E-state index contributed by atoms with van der Waals surface area (Å²) in [6, 6.07) is 16.4. The lowest BCUT2D eigenvalue weighted by atomic mass is 10.1. The summed E-state index contributed by atoms with van der Waals surface area (Å²) < 4.78 is 26.9. The SMILES string of the molecule is C[C@H](O)CCN(C)S(=O)(=O)c1ccccc1-c1ccccc1. The molecule has 0 heterocycles. The van der Waals surface area contributed by atoms with Gasteiger partial charge >= 0.3 is 0 Å². The average molecular weight is 319 g/mol. The number of hydrogen-bond donors (Lipinski definition) is 1. The van der Waals surface area contributed by atoms with E-state index in [1.54, 1.807) is 26.1 Å². The van der Waals surface area contributed by atoms with Crippen LogP contribution < -0.4 is 0 Å². The monoisotopic (exact) mass is 319 g/mol. The predicted molar refractivity (Wildman–Crippen MR) is 88.0 cm³/mol. The molecule has 1 atom stereocenters. The minimum absolute atomic E-state index is 0.281. The van der Waals surface area contributed by atoms with Crippen LogP contribution in [-0.4, -0.2) is 37.5 Å². The first-order valence-corrected chi connectivity index (χ1v) is 8.66. The molecule has 0 amide bonds. The number of nitrogens with zero attached hydrogens (tertiary/aromatic N) is 1. The van der Waals surface area contributed by atoms with Gasteiger partial charge < -0.3 is 5.11 Å². The molecule has 0 fully saturated rings. The normalized spacial score (nSPS) is 13.3. The highest BCUT2D eigenvalue weighted by atomic mass is 32.2. The molecule has 0 bridgehead atoms. The lowest BCUT2D eigenvalue weighted by Gasteiger charge is -2.20. The topological polar surface area (TPSA) is 57.6 Å². The summed E-state index contributed by atoms with van der Waals surface area (Å²) in [5.74, 6) is 0. The minimum Gasteiger partial charge on any atom is -0.393 e. The smallest absolute Gasteiger partial charge is 0.243 e. The fourth-order valence-electron chi connectivity index (χ4n) is 2.20. The van der Waals surface area contributed by atoms with E-state index < -0.39 is 16.1 Å². The molecule has 0 spiro atoms. The van der Waals surface area contributed by atoms with Crippen LogP contribution in [-0.2, 0) is 10.0 Å². The molecule has 2 aromatic carbocycles. The summed E-state index contributed by atoms with van der Waals surface area (Å²) >= 11 is 0. The molecule has 0 saturated carbocycles. The van der Waals surface area contributed by atoms with Gasteiger partial charge in [0.2, 0.25) is 10.0 Å². The van der Waals surface area contributed by atoms with E-state index in [4.69, 9.17) is 0 Å². The lowest BCUT2D eigenvalue weighted by Crippen LogP contribution is -2.30. The Morgan fingerprint density at radius 1 is 1.05 bits per heavy atom. The molecule has 0 unspecified atom stereocenters. The molecule has 0 aromatic heterocycles. The molecule has 0 aliphatic carbocycles. The fraction of sp³-hybridized carbons (Fsp3) is 0.294. The Morgan fingerprint density at radius 2 is 1.64 bits per heavy atom. The van der Waals surface area contributed by atoms with E-state index in [0.29, 0.717) is 12.0 Å². The number of hydrogen-bond acceptors (Lipinski definition) is 3. The molecule has 118 valence electrons. The first-order chi connectivity index (χ1) is 10.4. The molecule has 22 heavy (non-hydrogen) atoms. The van der Waals surface area contributed by atoms with Crippen LogP contribution in [0.5, 0.6) is 0 Å². The quantitative estimate of drug-likeness (QED) is 0.890. The maximum atomic E-state index is 12.8. The third-order valence-corrected chi connectivity index (χ3v) is 5.44. The maximum Gasteiger partial charge on any atom is 0.243 e. The lowest BCUT2D eigenvalue weighted by molar-refractivity contribution is 0.177. The van der Waals surface area contributed by atoms with E-state index in [2.05, 4.69) is 0 Å². The second kappa shape index (κ2) is 7.05. The van der Waals surface area contributed by atoms with Gasteiger partial charge in [-0.1, -0.05) is 48.5 Å². The van der Waals surface area contributed by atoms with Crippen molar-refractivity contribution in [3.05, 3.63) is 54.6 Å². The Hall–Kier alpha value is -1.69. The molecule has 0 radical (unpaired) electrons. The van der Waals surface area contributed by atoms with Crippen molar-refractivity contribution in [3.8, 4) is 11.1 Å². The van der Waals surface area contributed by atoms with Crippen LogP contribution in [0.15, 0.2) is 59.5 Å². The van der Waals surface area contributed by atoms with Crippen LogP contribution in [0.25, 0.3) is 11.1 Å². The number of sulfonamides is 1. The van der Waals surface area contributed by atoms with Gasteiger partial charge in [-0.2, -0.15) is 0 Å². The highest BCUT2D eigenvalue weighted by Gasteiger charge is 2.24. The first-order valence-electron chi connectivity index (χ1n) is 7.22. The molecule has 0 saturated heterocycles. The van der Waals surface area contributed by atoms with Crippen molar-refractivity contribution in [3.63, 3.8) is 0 Å². The standard InChI is InChI=1S/C17H21NO3S/c1-14(19)12-13-18(2)22(20,21)17-11-7-6-10-16(17)15-8-4-3-5-9-15/h3-11,14,19H,12-13H2,1-2H3/t14-/m0/s1. The molecule has 2 rings (SSSR count). The van der Waals surface area contributed by atoms with Crippen LogP contribution >= 0.6 is 0 Å². The fourth-order valence-corrected chi connectivity index (χ4v) is 3.60. The second-order valence-electron chi connectivity index (χ2n) is 5.33. The van der Waals surface area contributed by atoms with E-state index in [1.165, 1.54) is 4.31 Å². The Morgan fingerprint density at radius 3 is 2.27 bits per heavy atom. The Bertz CT molecular complexity index is 712. The number of benzene rings is 2. The first kappa shape index (κ1) is 16.7. The van der Waals surface area contributed by atoms with Crippen molar-refractivity contribution >= 4 is 10.0 Å². The van der Waals surface area contributed by atoms with E-state index >= 15 is 0 Å². The van der Waals surface area contributed by atoms with Crippen molar-refractivity contribution in [2.75, 3.05) is 13.6 Å². The van der Waals surface area contributed by atoms with Crippen LogP contribution in [0, 0.1) is 0 Å². The van der Waals surface area contributed by atoms with Gasteiger partial charge in [-0.15, -0.1) is 0 Å². The van der Waals surface area contributed by atoms with Crippen LogP contribution in [0.4, 0.5) is 0 Å². The maximum absolute atomic E-state index is 12.8. The summed E-state index contributed by atoms with van der Waals surface area (Å²) in [4.78, 5) is 0.286. The van der Waals surface area contributed by atoms with Gasteiger partial charge in [-0.3, -0.25) is 0 Å². The highest BCUT2D eigenvalue weighted by Crippen LogP contribution is 2.28. The van der Waals surface area contributed by atoms with E-state index in [9.17, 15) is 13.5 Å². The third-order valence-electron chi connectivity index (χ3n) is 3.52. The van der Waals surface area contributed by atoms with Crippen molar-refractivity contribution in [2.45, 2.75) is 24.3 Å². The van der Waals surface area contributed by atoms with Gasteiger partial charge in [-0.05, 0) is 25.0 Å². The van der Waals surface area contributed by atoms with E-state index in [0.717, 1.165) is 5.56 Å². The predicted octanol–water partition coefficient (Wildman–Crippen LogP) is 2.75. The second-order valence-corrected chi connectivity index (χ2v) is 7.34. The van der Waals surface area contributed by atoms with Gasteiger partial charge in [0.15, 0.2) is 0 Å². The molecule has 1 N–H and O–H groups in total. The minimum atomic E-state index is -3.59. The van der Waals surface area contributed by atoms with Crippen LogP contribution in [0.2, 0.25) is 0 Å². The molecule has 2 aromatic rings. The van der Waals surface area contributed by atoms with E-state index in [1.807, 2.05) is 42.5 Å². The average Bonchev–Trinajstić information content (AvgIpc) is 2.53. The summed E-state index contributed by atoms with van der Waals surface area (Å²) in [7, 11) is -2.05. The van der Waals surface area contributed by atoms with Crippen LogP contribution in [0.3, 0.4) is 0 Å². The van der Waals surface area contributed by atoms with Gasteiger partial charge in [-0.25, -0.2) is 12.7 Å². The van der Waals surface area contributed by atoms with Crippen molar-refractivity contribution in [2.24, 2.45) is 0 Å². The Labute approximate surface area is 132 Å². The summed E-state index contributed by atoms with van der Waals surface area (Å²) in [6.45, 7) is 1.93. The molecule has 0 aliphatic rings. The Balaban J connectivity index is 2.40. The Kier molecular flexibility index (Phi) is 5.34. The van der Waals surface area contributed by atoms with Gasteiger partial charge in [0.1, 0.15) is 0 Å². The third kappa shape index (κ3) is 3.74. The van der Waals surface area contributed by atoms with Crippen molar-refractivity contribution < 1.29 is 13.5 Å². The number of rotatable bonds is 6. The zero-order chi connectivity index (χ0) is 16.2. The summed E-state index contributed by atoms with van der Waals surface area (Å²) in [5, 5.41) is 9.35. The molecule has 5 heteroatoms. The molecular weight excluding hydrogens is 298 g/mol. The largest absolute Gasteiger partial charge is 0.393 e. The van der Waals surface area contributed by atoms with Gasteiger partial charge in [0, 0.05) is 19.2 Å². The highest BCUT2D eigenvalue weighted by molar-refractivity contribution is 7.89. The molecular formula is C17H21NO3S. The number of aliphatic hydroxyl groups is 1. The van der Waals surface area contributed by atoms with Crippen molar-refractivity contribution in [1.29, 1.82) is 0 Å². The summed E-state index contributed by atoms with van der Waals surface area (Å²) in [5.41, 5.74) is 1.55. The van der Waals surface area contributed by atoms with Crippen LogP contribution in [0.1, 0.15) is 13.3 Å². The zero-order valence-electron chi connectivity index (χ0n) is 12.8. The van der Waals surface area contributed by atoms with Gasteiger partial charge in [0.05, 0.1) is 11.0 Å². The van der Waals surface area contributed by atoms with E-state index in [-0.39, 0.29) is 11.4 Å². The van der Waals surface area contributed by atoms with Gasteiger partial charge in [0.25, 0.3) is 0 Å². The number of aliphatic hydroxyl groups excluding tert-OH is 1. The molecule has 4 nitrogen and oxygen atoms in total.